The summed E-state index contributed by atoms with van der Waals surface area (Å²) in [6.07, 6.45) is 16.5. The van der Waals surface area contributed by atoms with Crippen LogP contribution >= 0.6 is 0 Å². The summed E-state index contributed by atoms with van der Waals surface area (Å²) in [7, 11) is 0. The fraction of sp³-hybridized carbons (Fsp3) is 0.148. The van der Waals surface area contributed by atoms with E-state index in [9.17, 15) is 0 Å². The molecular formula is C135H115IrN12. The van der Waals surface area contributed by atoms with E-state index in [1.165, 1.54) is 166 Å². The Hall–Kier alpha value is -16.7. The minimum absolute atomic E-state index is 0. The number of imidazole rings is 3. The van der Waals surface area contributed by atoms with Crippen molar-refractivity contribution in [3.8, 4) is 96.2 Å². The first-order valence-corrected chi connectivity index (χ1v) is 51.2. The topological polar surface area (TPSA) is 99.0 Å². The van der Waals surface area contributed by atoms with Gasteiger partial charge in [0.15, 0.2) is 0 Å². The molecule has 25 aromatic rings. The zero-order valence-electron chi connectivity index (χ0n) is 86.0. The molecule has 0 fully saturated rings. The molecule has 0 saturated carbocycles. The molecule has 0 N–H and O–H groups in total. The third-order valence-electron chi connectivity index (χ3n) is 30.0. The Labute approximate surface area is 879 Å². The molecule has 25 rings (SSSR count). The van der Waals surface area contributed by atoms with Gasteiger partial charge in [0.2, 0.25) is 0 Å². The summed E-state index contributed by atoms with van der Waals surface area (Å²) in [6.45, 7) is 30.8. The second-order valence-electron chi connectivity index (χ2n) is 40.1. The van der Waals surface area contributed by atoms with E-state index in [1.54, 1.807) is 0 Å². The van der Waals surface area contributed by atoms with E-state index in [2.05, 4.69) is 461 Å². The number of para-hydroxylation sites is 4. The molecule has 0 amide bonds. The van der Waals surface area contributed by atoms with Crippen LogP contribution in [0.25, 0.3) is 184 Å². The molecule has 9 aromatic heterocycles. The fourth-order valence-corrected chi connectivity index (χ4v) is 23.6. The second kappa shape index (κ2) is 40.4. The minimum atomic E-state index is 0. The average Bonchev–Trinajstić information content (AvgIpc) is 1.60. The molecular weight excluding hydrogens is 1980 g/mol. The van der Waals surface area contributed by atoms with E-state index in [0.717, 1.165) is 120 Å². The van der Waals surface area contributed by atoms with Gasteiger partial charge in [-0.3, -0.25) is 24.9 Å². The molecule has 0 aliphatic rings. The van der Waals surface area contributed by atoms with Crippen LogP contribution in [0.5, 0.6) is 0 Å². The number of hydrogen-bond donors (Lipinski definition) is 0. The second-order valence-corrected chi connectivity index (χ2v) is 40.1. The molecule has 0 spiro atoms. The Kier molecular flexibility index (Phi) is 26.2. The fourth-order valence-electron chi connectivity index (χ4n) is 23.6. The third-order valence-corrected chi connectivity index (χ3v) is 30.0. The third kappa shape index (κ3) is 17.7. The molecule has 0 bridgehead atoms. The van der Waals surface area contributed by atoms with Crippen LogP contribution < -0.4 is 0 Å². The molecule has 16 aromatic carbocycles. The van der Waals surface area contributed by atoms with Crippen molar-refractivity contribution in [3.05, 3.63) is 491 Å². The first-order valence-electron chi connectivity index (χ1n) is 51.2. The van der Waals surface area contributed by atoms with Crippen LogP contribution in [0.1, 0.15) is 134 Å². The standard InChI is InChI=1S/C98H79N8.C19H19N2.C18H17N2.Ir/c1-8-67(72-38-46-92-86(60-72)96-94(32-20-48-100-96)106(92)78-41-43-80(64(5)55-78)79-42-40-77(54-63(79)4)105-89-30-17-14-27-83(89)95-93(105)31-19-47-99-95)56-74(68-33-35-69(36-34-68)98-101-49-50-102(98)97-65(6)51-61(2)52-66(97)7)53-62(3)70-37-44-91-84(58-70)81-25-13-16-29-88(81)104(91)76-24-18-21-71(57-76)73-39-45-90-85(59-73)82-26-12-15-28-87(82)103(90)75-22-10-9-11-23-75;1-13-10-14(2)18(15(3)11-13)21-16(4)12-20-19(21)17-8-6-5-7-9-17;1-13-11-14(2)17(15(3)12-13)20-10-9-19-18(20)16-7-5-4-6-8-16;/h9-35,37-52,54-55,57-60,62,67,74H,8,53,56H2,1-7H3;5-8,10-12H,1-4H3;4-7,9-12H,1-3H3;/q3*-1;+3. The van der Waals surface area contributed by atoms with Crippen molar-refractivity contribution in [1.29, 1.82) is 0 Å². The summed E-state index contributed by atoms with van der Waals surface area (Å²) in [5.74, 6) is 3.44. The normalized spacial score (nSPS) is 12.2. The van der Waals surface area contributed by atoms with Crippen molar-refractivity contribution in [2.75, 3.05) is 0 Å². The van der Waals surface area contributed by atoms with Gasteiger partial charge in [0, 0.05) is 121 Å². The summed E-state index contributed by atoms with van der Waals surface area (Å²) in [5, 5.41) is 7.33. The summed E-state index contributed by atoms with van der Waals surface area (Å²) in [4.78, 5) is 24.0. The number of hydrogen-bond acceptors (Lipinski definition) is 5. The van der Waals surface area contributed by atoms with Crippen molar-refractivity contribution in [2.24, 2.45) is 0 Å². The maximum Gasteiger partial charge on any atom is 3.00 e. The monoisotopic (exact) mass is 2100 g/mol. The van der Waals surface area contributed by atoms with Crippen molar-refractivity contribution < 1.29 is 20.1 Å². The number of benzene rings is 16. The Morgan fingerprint density at radius 2 is 0.709 bits per heavy atom. The Bertz CT molecular complexity index is 9220. The Balaban J connectivity index is 0.000000243. The number of nitrogens with zero attached hydrogens (tertiary/aromatic N) is 12. The molecule has 0 aliphatic carbocycles. The van der Waals surface area contributed by atoms with Crippen LogP contribution in [0.15, 0.2) is 389 Å². The van der Waals surface area contributed by atoms with Gasteiger partial charge in [-0.05, 0) is 325 Å². The molecule has 724 valence electrons. The smallest absolute Gasteiger partial charge is 0.340 e. The quantitative estimate of drug-likeness (QED) is 0.0708. The van der Waals surface area contributed by atoms with Gasteiger partial charge in [-0.25, -0.2) is 0 Å². The van der Waals surface area contributed by atoms with Crippen LogP contribution in [0, 0.1) is 101 Å². The average molecular weight is 2100 g/mol. The van der Waals surface area contributed by atoms with Gasteiger partial charge in [-0.15, -0.1) is 107 Å². The SMILES string of the molecule is CCC(CC(CC(C)c1ccc2c(c1)c1ccccc1n2-c1cccc(-c2ccc3c(c2)c2ccccc2n3-c2ccccc2)c1)c1c[c-]c(-c2nccn2-c2c(C)cc(C)cc2C)cc1)c1ccc2c(c1)c1ncccc1n2-c1ccc(-c2ccc(-n3c4ccccc4c4ncccc43)cc2C)c(C)c1.Cc1cc(C)c(-n2c(C)cnc2-c2[c-]cccc2)c(C)c1.Cc1cc(C)c(-n2ccnc2-c2[c-]cccc2)c(C)c1.[Ir+3]. The predicted octanol–water partition coefficient (Wildman–Crippen LogP) is 34.1. The Morgan fingerprint density at radius 1 is 0.277 bits per heavy atom. The zero-order valence-corrected chi connectivity index (χ0v) is 88.4. The molecule has 3 unspecified atom stereocenters. The van der Waals surface area contributed by atoms with Crippen molar-refractivity contribution in [3.63, 3.8) is 0 Å². The van der Waals surface area contributed by atoms with Crippen molar-refractivity contribution >= 4 is 87.5 Å². The van der Waals surface area contributed by atoms with Gasteiger partial charge in [0.1, 0.15) is 0 Å². The van der Waals surface area contributed by atoms with Gasteiger partial charge in [0.25, 0.3) is 0 Å². The van der Waals surface area contributed by atoms with Crippen LogP contribution in [0.2, 0.25) is 0 Å². The molecule has 12 nitrogen and oxygen atoms in total. The zero-order chi connectivity index (χ0) is 101. The van der Waals surface area contributed by atoms with Crippen molar-refractivity contribution in [1.82, 2.24) is 56.9 Å². The number of rotatable bonds is 20. The Morgan fingerprint density at radius 3 is 1.25 bits per heavy atom. The van der Waals surface area contributed by atoms with Crippen LogP contribution in [0.4, 0.5) is 0 Å². The predicted molar refractivity (Wildman–Crippen MR) is 610 cm³/mol. The number of fused-ring (bicyclic) bond motifs is 12. The van der Waals surface area contributed by atoms with Gasteiger partial charge in [-0.1, -0.05) is 182 Å². The minimum Gasteiger partial charge on any atom is -0.340 e. The van der Waals surface area contributed by atoms with E-state index in [-0.39, 0.29) is 37.9 Å². The van der Waals surface area contributed by atoms with E-state index < -0.39 is 0 Å². The molecule has 148 heavy (non-hydrogen) atoms. The molecule has 13 heteroatoms. The van der Waals surface area contributed by atoms with E-state index in [4.69, 9.17) is 15.0 Å². The maximum absolute atomic E-state index is 5.16. The van der Waals surface area contributed by atoms with Crippen LogP contribution in [0.3, 0.4) is 0 Å². The van der Waals surface area contributed by atoms with Gasteiger partial charge >= 0.3 is 20.1 Å². The first kappa shape index (κ1) is 96.1. The van der Waals surface area contributed by atoms with E-state index >= 15 is 0 Å². The van der Waals surface area contributed by atoms with Gasteiger partial charge < -0.3 is 32.0 Å². The molecule has 0 radical (unpaired) electrons. The summed E-state index contributed by atoms with van der Waals surface area (Å²) < 4.78 is 16.2. The van der Waals surface area contributed by atoms with Crippen LogP contribution in [-0.2, 0) is 20.1 Å². The number of pyridine rings is 2. The van der Waals surface area contributed by atoms with E-state index in [0.29, 0.717) is 0 Å². The summed E-state index contributed by atoms with van der Waals surface area (Å²) >= 11 is 0. The van der Waals surface area contributed by atoms with Crippen molar-refractivity contribution in [2.45, 2.75) is 134 Å². The molecule has 3 atom stereocenters. The largest absolute Gasteiger partial charge is 3.00 e. The first-order chi connectivity index (χ1) is 71.7. The molecule has 9 heterocycles. The van der Waals surface area contributed by atoms with Crippen LogP contribution in [-0.4, -0.2) is 56.9 Å². The maximum atomic E-state index is 5.16. The van der Waals surface area contributed by atoms with Gasteiger partial charge in [-0.2, -0.15) is 0 Å². The molecule has 0 saturated heterocycles. The van der Waals surface area contributed by atoms with E-state index in [1.807, 2.05) is 85.7 Å². The number of aromatic nitrogens is 12. The van der Waals surface area contributed by atoms with Gasteiger partial charge in [0.05, 0.1) is 72.6 Å². The summed E-state index contributed by atoms with van der Waals surface area (Å²) in [6, 6.07) is 136. The summed E-state index contributed by atoms with van der Waals surface area (Å²) in [5.41, 5.74) is 46.2. The molecule has 0 aliphatic heterocycles. The number of aryl methyl sites for hydroxylation is 12.